The van der Waals surface area contributed by atoms with Gasteiger partial charge in [0.05, 0.1) is 26.5 Å². The lowest BCUT2D eigenvalue weighted by molar-refractivity contribution is -0.190. The van der Waals surface area contributed by atoms with Crippen LogP contribution >= 0.6 is 0 Å². The second kappa shape index (κ2) is 12.9. The van der Waals surface area contributed by atoms with Gasteiger partial charge in [-0.2, -0.15) is 0 Å². The molecule has 0 bridgehead atoms. The third kappa shape index (κ3) is 7.33. The Morgan fingerprint density at radius 2 is 1.77 bits per heavy atom. The molecule has 0 aliphatic carbocycles. The van der Waals surface area contributed by atoms with Crippen LogP contribution in [0.15, 0.2) is 42.3 Å². The molecule has 0 N–H and O–H groups in total. The van der Waals surface area contributed by atoms with E-state index in [1.807, 2.05) is 12.1 Å². The van der Waals surface area contributed by atoms with Crippen LogP contribution in [-0.2, 0) is 42.9 Å². The zero-order valence-corrected chi connectivity index (χ0v) is 22.5. The summed E-state index contributed by atoms with van der Waals surface area (Å²) in [5.41, 5.74) is 1.30. The number of carbonyl (C=O) groups is 4. The van der Waals surface area contributed by atoms with Gasteiger partial charge in [0.1, 0.15) is 24.2 Å². The highest BCUT2D eigenvalue weighted by Gasteiger charge is 2.46. The van der Waals surface area contributed by atoms with Gasteiger partial charge in [0.15, 0.2) is 12.2 Å². The van der Waals surface area contributed by atoms with Crippen molar-refractivity contribution in [3.8, 4) is 17.0 Å². The molecule has 1 aliphatic heterocycles. The Morgan fingerprint density at radius 1 is 1.05 bits per heavy atom. The first kappa shape index (κ1) is 29.1. The standard InChI is InChI=1S/C26H31N3O10/c1-14-21(29-12-20(27-28-29)18-8-7-9-19(10-18)34-5)11-22(26(33)35-6)39-24(14)25(38-17(4)32)23(37-16(3)31)13-36-15(2)30/h7-12,14,21,23-25H,13H2,1-6H3/t14-,21+,23-,24-,25-/m1/s1. The van der Waals surface area contributed by atoms with E-state index in [-0.39, 0.29) is 5.76 Å². The molecule has 5 atom stereocenters. The molecule has 2 heterocycles. The lowest BCUT2D eigenvalue weighted by Crippen LogP contribution is -2.52. The second-order valence-corrected chi connectivity index (χ2v) is 8.79. The maximum atomic E-state index is 12.6. The van der Waals surface area contributed by atoms with Crippen molar-refractivity contribution in [1.29, 1.82) is 0 Å². The summed E-state index contributed by atoms with van der Waals surface area (Å²) in [5.74, 6) is -2.88. The van der Waals surface area contributed by atoms with E-state index < -0.39 is 60.8 Å². The van der Waals surface area contributed by atoms with Gasteiger partial charge < -0.3 is 28.4 Å². The summed E-state index contributed by atoms with van der Waals surface area (Å²) in [4.78, 5) is 48.0. The molecule has 0 saturated carbocycles. The van der Waals surface area contributed by atoms with Crippen LogP contribution in [0.4, 0.5) is 0 Å². The first-order valence-electron chi connectivity index (χ1n) is 12.0. The molecule has 1 aromatic carbocycles. The fourth-order valence-electron chi connectivity index (χ4n) is 4.19. The van der Waals surface area contributed by atoms with Crippen molar-refractivity contribution in [2.24, 2.45) is 5.92 Å². The SMILES string of the molecule is COC(=O)C1=C[C@H](n2cc(-c3cccc(OC)c3)nn2)[C@@H](C)[C@H]([C@H](OC(C)=O)[C@@H](COC(C)=O)OC(C)=O)O1. The van der Waals surface area contributed by atoms with Crippen LogP contribution in [0.3, 0.4) is 0 Å². The summed E-state index contributed by atoms with van der Waals surface area (Å²) < 4.78 is 33.6. The summed E-state index contributed by atoms with van der Waals surface area (Å²) in [6, 6.07) is 6.63. The minimum Gasteiger partial charge on any atom is -0.497 e. The highest BCUT2D eigenvalue weighted by atomic mass is 16.6. The molecule has 1 aromatic heterocycles. The smallest absolute Gasteiger partial charge is 0.373 e. The first-order chi connectivity index (χ1) is 18.5. The van der Waals surface area contributed by atoms with Crippen molar-refractivity contribution in [2.75, 3.05) is 20.8 Å². The van der Waals surface area contributed by atoms with Gasteiger partial charge in [0, 0.05) is 32.3 Å². The van der Waals surface area contributed by atoms with Gasteiger partial charge in [-0.15, -0.1) is 5.10 Å². The predicted octanol–water partition coefficient (Wildman–Crippen LogP) is 2.01. The lowest BCUT2D eigenvalue weighted by atomic mass is 9.87. The quantitative estimate of drug-likeness (QED) is 0.317. The number of aromatic nitrogens is 3. The van der Waals surface area contributed by atoms with Crippen molar-refractivity contribution in [3.63, 3.8) is 0 Å². The monoisotopic (exact) mass is 545 g/mol. The summed E-state index contributed by atoms with van der Waals surface area (Å²) in [6.45, 7) is 4.88. The topological polar surface area (TPSA) is 154 Å². The van der Waals surface area contributed by atoms with Crippen LogP contribution in [0, 0.1) is 5.92 Å². The van der Waals surface area contributed by atoms with Gasteiger partial charge in [-0.05, 0) is 18.2 Å². The minimum absolute atomic E-state index is 0.171. The fourth-order valence-corrected chi connectivity index (χ4v) is 4.19. The molecule has 1 aliphatic rings. The summed E-state index contributed by atoms with van der Waals surface area (Å²) in [7, 11) is 2.75. The molecule has 13 heteroatoms. The molecule has 0 spiro atoms. The maximum absolute atomic E-state index is 12.6. The Hall–Kier alpha value is -4.42. The highest BCUT2D eigenvalue weighted by molar-refractivity contribution is 5.86. The number of benzene rings is 1. The average Bonchev–Trinajstić information content (AvgIpc) is 3.39. The molecule has 0 radical (unpaired) electrons. The molecule has 0 amide bonds. The Bertz CT molecular complexity index is 1240. The van der Waals surface area contributed by atoms with Crippen LogP contribution in [0.5, 0.6) is 5.75 Å². The largest absolute Gasteiger partial charge is 0.497 e. The third-order valence-electron chi connectivity index (χ3n) is 5.97. The van der Waals surface area contributed by atoms with Crippen LogP contribution in [0.2, 0.25) is 0 Å². The molecule has 0 saturated heterocycles. The summed E-state index contributed by atoms with van der Waals surface area (Å²) in [5, 5.41) is 8.52. The number of nitrogens with zero attached hydrogens (tertiary/aromatic N) is 3. The van der Waals surface area contributed by atoms with E-state index in [1.54, 1.807) is 32.4 Å². The Balaban J connectivity index is 2.03. The zero-order chi connectivity index (χ0) is 28.7. The second-order valence-electron chi connectivity index (χ2n) is 8.79. The average molecular weight is 546 g/mol. The molecule has 39 heavy (non-hydrogen) atoms. The minimum atomic E-state index is -1.27. The van der Waals surface area contributed by atoms with E-state index in [0.717, 1.165) is 12.5 Å². The van der Waals surface area contributed by atoms with Crippen LogP contribution in [0.1, 0.15) is 33.7 Å². The summed E-state index contributed by atoms with van der Waals surface area (Å²) in [6.07, 6.45) is -0.342. The zero-order valence-electron chi connectivity index (χ0n) is 22.5. The van der Waals surface area contributed by atoms with Gasteiger partial charge in [-0.3, -0.25) is 14.4 Å². The van der Waals surface area contributed by atoms with Gasteiger partial charge in [-0.1, -0.05) is 24.3 Å². The molecule has 0 unspecified atom stereocenters. The van der Waals surface area contributed by atoms with E-state index in [4.69, 9.17) is 28.4 Å². The number of hydrogen-bond acceptors (Lipinski definition) is 12. The number of hydrogen-bond donors (Lipinski definition) is 0. The lowest BCUT2D eigenvalue weighted by Gasteiger charge is -2.40. The Labute approximate surface area is 224 Å². The van der Waals surface area contributed by atoms with E-state index in [1.165, 1.54) is 31.7 Å². The summed E-state index contributed by atoms with van der Waals surface area (Å²) >= 11 is 0. The van der Waals surface area contributed by atoms with Crippen molar-refractivity contribution >= 4 is 23.9 Å². The Morgan fingerprint density at radius 3 is 2.38 bits per heavy atom. The van der Waals surface area contributed by atoms with E-state index in [2.05, 4.69) is 10.3 Å². The fraction of sp³-hybridized carbons (Fsp3) is 0.462. The van der Waals surface area contributed by atoms with E-state index >= 15 is 0 Å². The molecule has 2 aromatic rings. The van der Waals surface area contributed by atoms with Crippen molar-refractivity contribution in [1.82, 2.24) is 15.0 Å². The number of ether oxygens (including phenoxy) is 6. The third-order valence-corrected chi connectivity index (χ3v) is 5.97. The van der Waals surface area contributed by atoms with Crippen molar-refractivity contribution < 1.29 is 47.6 Å². The van der Waals surface area contributed by atoms with Gasteiger partial charge in [-0.25, -0.2) is 9.48 Å². The number of esters is 4. The first-order valence-corrected chi connectivity index (χ1v) is 12.0. The molecule has 0 fully saturated rings. The Kier molecular flexibility index (Phi) is 9.63. The van der Waals surface area contributed by atoms with E-state index in [0.29, 0.717) is 11.4 Å². The number of carbonyl (C=O) groups excluding carboxylic acids is 4. The highest BCUT2D eigenvalue weighted by Crippen LogP contribution is 2.36. The number of allylic oxidation sites excluding steroid dienone is 1. The molecular formula is C26H31N3O10. The van der Waals surface area contributed by atoms with Crippen LogP contribution in [-0.4, -0.2) is 78.0 Å². The van der Waals surface area contributed by atoms with Crippen molar-refractivity contribution in [2.45, 2.75) is 52.0 Å². The van der Waals surface area contributed by atoms with Crippen LogP contribution in [0.25, 0.3) is 11.3 Å². The number of methoxy groups -OCH3 is 2. The molecule has 210 valence electrons. The number of rotatable bonds is 10. The predicted molar refractivity (Wildman–Crippen MR) is 133 cm³/mol. The molecular weight excluding hydrogens is 514 g/mol. The van der Waals surface area contributed by atoms with E-state index in [9.17, 15) is 19.2 Å². The van der Waals surface area contributed by atoms with Gasteiger partial charge in [0.2, 0.25) is 5.76 Å². The van der Waals surface area contributed by atoms with Gasteiger partial charge >= 0.3 is 23.9 Å². The van der Waals surface area contributed by atoms with Crippen molar-refractivity contribution in [3.05, 3.63) is 42.3 Å². The maximum Gasteiger partial charge on any atom is 0.373 e. The van der Waals surface area contributed by atoms with Crippen LogP contribution < -0.4 is 4.74 Å². The molecule has 3 rings (SSSR count). The molecule has 13 nitrogen and oxygen atoms in total. The normalized spacial score (nSPS) is 19.9. The van der Waals surface area contributed by atoms with Gasteiger partial charge in [0.25, 0.3) is 0 Å².